The van der Waals surface area contributed by atoms with Crippen molar-refractivity contribution in [2.75, 3.05) is 25.4 Å². The van der Waals surface area contributed by atoms with Crippen molar-refractivity contribution < 1.29 is 23.0 Å². The van der Waals surface area contributed by atoms with Crippen molar-refractivity contribution in [3.05, 3.63) is 54.1 Å². The molecule has 1 atom stereocenters. The van der Waals surface area contributed by atoms with Crippen molar-refractivity contribution in [3.63, 3.8) is 0 Å². The van der Waals surface area contributed by atoms with Gasteiger partial charge in [-0.1, -0.05) is 12.1 Å². The van der Waals surface area contributed by atoms with E-state index in [4.69, 9.17) is 9.47 Å². The molecule has 0 saturated carbocycles. The molecule has 0 fully saturated rings. The van der Waals surface area contributed by atoms with Gasteiger partial charge in [0.15, 0.2) is 29.2 Å². The maximum Gasteiger partial charge on any atom is 0.233 e. The number of para-hydroxylation sites is 2. The number of fused-ring (bicyclic) bond motifs is 1. The van der Waals surface area contributed by atoms with Crippen LogP contribution in [0.2, 0.25) is 0 Å². The van der Waals surface area contributed by atoms with Crippen LogP contribution in [-0.4, -0.2) is 42.4 Å². The highest BCUT2D eigenvalue weighted by Crippen LogP contribution is 2.31. The second-order valence-electron chi connectivity index (χ2n) is 5.79. The summed E-state index contributed by atoms with van der Waals surface area (Å²) in [6.07, 6.45) is -0.248. The number of likely N-dealkylation sites (N-methyl/N-ethyl adjacent to an activating group) is 1. The van der Waals surface area contributed by atoms with Crippen LogP contribution in [0.4, 0.5) is 8.78 Å². The molecule has 2 aromatic rings. The van der Waals surface area contributed by atoms with Gasteiger partial charge in [0.05, 0.1) is 12.3 Å². The van der Waals surface area contributed by atoms with Crippen LogP contribution in [0, 0.1) is 11.6 Å². The highest BCUT2D eigenvalue weighted by Gasteiger charge is 2.24. The van der Waals surface area contributed by atoms with Crippen LogP contribution < -0.4 is 9.47 Å². The summed E-state index contributed by atoms with van der Waals surface area (Å²) in [5, 5.41) is 0. The fraction of sp³-hybridized carbons (Fsp3) is 0.316. The lowest BCUT2D eigenvalue weighted by Gasteiger charge is -2.30. The highest BCUT2D eigenvalue weighted by molar-refractivity contribution is 8.00. The zero-order valence-corrected chi connectivity index (χ0v) is 15.1. The molecule has 0 aromatic heterocycles. The van der Waals surface area contributed by atoms with E-state index in [1.165, 1.54) is 17.8 Å². The molecule has 4 nitrogen and oxygen atoms in total. The predicted octanol–water partition coefficient (Wildman–Crippen LogP) is 3.75. The molecule has 138 valence electrons. The minimum Gasteiger partial charge on any atom is -0.486 e. The van der Waals surface area contributed by atoms with Crippen LogP contribution in [0.1, 0.15) is 6.92 Å². The lowest BCUT2D eigenvalue weighted by molar-refractivity contribution is -0.129. The van der Waals surface area contributed by atoms with Crippen LogP contribution in [0.25, 0.3) is 0 Å². The van der Waals surface area contributed by atoms with Gasteiger partial charge in [0.1, 0.15) is 6.61 Å². The standard InChI is InChI=1S/C19H19F2NO3S/c1-2-22(10-13-11-24-17-5-3-4-6-18(17)25-13)19(23)12-26-14-7-8-15(20)16(21)9-14/h3-9,13H,2,10-12H2,1H3. The Bertz CT molecular complexity index is 787. The number of amides is 1. The Labute approximate surface area is 155 Å². The summed E-state index contributed by atoms with van der Waals surface area (Å²) >= 11 is 1.18. The van der Waals surface area contributed by atoms with Crippen molar-refractivity contribution >= 4 is 17.7 Å². The molecule has 2 aromatic carbocycles. The lowest BCUT2D eigenvalue weighted by atomic mass is 10.2. The van der Waals surface area contributed by atoms with E-state index in [2.05, 4.69) is 0 Å². The molecule has 0 spiro atoms. The van der Waals surface area contributed by atoms with E-state index < -0.39 is 11.6 Å². The maximum absolute atomic E-state index is 13.2. The summed E-state index contributed by atoms with van der Waals surface area (Å²) in [4.78, 5) is 14.6. The van der Waals surface area contributed by atoms with Gasteiger partial charge >= 0.3 is 0 Å². The molecule has 7 heteroatoms. The summed E-state index contributed by atoms with van der Waals surface area (Å²) in [5.41, 5.74) is 0. The van der Waals surface area contributed by atoms with E-state index in [9.17, 15) is 13.6 Å². The number of nitrogens with zero attached hydrogens (tertiary/aromatic N) is 1. The van der Waals surface area contributed by atoms with Crippen LogP contribution in [0.3, 0.4) is 0 Å². The second kappa shape index (κ2) is 8.40. The normalized spacial score (nSPS) is 15.6. The Morgan fingerprint density at radius 1 is 1.19 bits per heavy atom. The number of rotatable bonds is 6. The van der Waals surface area contributed by atoms with E-state index in [0.29, 0.717) is 36.1 Å². The van der Waals surface area contributed by atoms with E-state index in [0.717, 1.165) is 12.1 Å². The molecule has 1 aliphatic heterocycles. The number of ether oxygens (including phenoxy) is 2. The van der Waals surface area contributed by atoms with Gasteiger partial charge in [-0.25, -0.2) is 8.78 Å². The summed E-state index contributed by atoms with van der Waals surface area (Å²) in [5.74, 6) is -0.393. The molecule has 0 bridgehead atoms. The Kier molecular flexibility index (Phi) is 5.98. The van der Waals surface area contributed by atoms with Crippen molar-refractivity contribution in [2.45, 2.75) is 17.9 Å². The minimum atomic E-state index is -0.916. The van der Waals surface area contributed by atoms with Gasteiger partial charge in [0.2, 0.25) is 5.91 Å². The summed E-state index contributed by atoms with van der Waals surface area (Å²) < 4.78 is 37.8. The first-order valence-electron chi connectivity index (χ1n) is 8.31. The Hall–Kier alpha value is -2.28. The third kappa shape index (κ3) is 4.46. The van der Waals surface area contributed by atoms with Crippen LogP contribution >= 0.6 is 11.8 Å². The maximum atomic E-state index is 13.2. The molecule has 0 radical (unpaired) electrons. The van der Waals surface area contributed by atoms with Gasteiger partial charge in [-0.2, -0.15) is 0 Å². The SMILES string of the molecule is CCN(CC1COc2ccccc2O1)C(=O)CSc1ccc(F)c(F)c1. The molecule has 1 heterocycles. The van der Waals surface area contributed by atoms with E-state index in [-0.39, 0.29) is 17.8 Å². The van der Waals surface area contributed by atoms with Crippen LogP contribution in [0.5, 0.6) is 11.5 Å². The van der Waals surface area contributed by atoms with Gasteiger partial charge in [0.25, 0.3) is 0 Å². The van der Waals surface area contributed by atoms with E-state index >= 15 is 0 Å². The van der Waals surface area contributed by atoms with Crippen LogP contribution in [0.15, 0.2) is 47.4 Å². The monoisotopic (exact) mass is 379 g/mol. The predicted molar refractivity (Wildman–Crippen MR) is 95.7 cm³/mol. The summed E-state index contributed by atoms with van der Waals surface area (Å²) in [6.45, 7) is 3.19. The summed E-state index contributed by atoms with van der Waals surface area (Å²) in [7, 11) is 0. The third-order valence-corrected chi connectivity index (χ3v) is 4.96. The third-order valence-electron chi connectivity index (χ3n) is 3.98. The second-order valence-corrected chi connectivity index (χ2v) is 6.84. The number of hydrogen-bond donors (Lipinski definition) is 0. The van der Waals surface area contributed by atoms with Gasteiger partial charge < -0.3 is 14.4 Å². The summed E-state index contributed by atoms with van der Waals surface area (Å²) in [6, 6.07) is 11.0. The number of thioether (sulfide) groups is 1. The molecular weight excluding hydrogens is 360 g/mol. The smallest absolute Gasteiger partial charge is 0.233 e. The molecule has 0 N–H and O–H groups in total. The van der Waals surface area contributed by atoms with Crippen LogP contribution in [-0.2, 0) is 4.79 Å². The largest absolute Gasteiger partial charge is 0.486 e. The zero-order chi connectivity index (χ0) is 18.5. The average molecular weight is 379 g/mol. The Morgan fingerprint density at radius 3 is 2.69 bits per heavy atom. The number of carbonyl (C=O) groups is 1. The van der Waals surface area contributed by atoms with Crippen molar-refractivity contribution in [1.82, 2.24) is 4.90 Å². The van der Waals surface area contributed by atoms with Gasteiger partial charge in [-0.3, -0.25) is 4.79 Å². The molecule has 1 unspecified atom stereocenters. The average Bonchev–Trinajstić information content (AvgIpc) is 2.66. The molecule has 0 aliphatic carbocycles. The molecular formula is C19H19F2NO3S. The first-order valence-corrected chi connectivity index (χ1v) is 9.29. The molecule has 0 saturated heterocycles. The lowest BCUT2D eigenvalue weighted by Crippen LogP contribution is -2.44. The molecule has 1 aliphatic rings. The first kappa shape index (κ1) is 18.5. The number of hydrogen-bond acceptors (Lipinski definition) is 4. The van der Waals surface area contributed by atoms with E-state index in [1.54, 1.807) is 4.90 Å². The van der Waals surface area contributed by atoms with Crippen molar-refractivity contribution in [3.8, 4) is 11.5 Å². The highest BCUT2D eigenvalue weighted by atomic mass is 32.2. The fourth-order valence-electron chi connectivity index (χ4n) is 2.61. The number of carbonyl (C=O) groups excluding carboxylic acids is 1. The van der Waals surface area contributed by atoms with Gasteiger partial charge in [-0.05, 0) is 37.3 Å². The molecule has 3 rings (SSSR count). The topological polar surface area (TPSA) is 38.8 Å². The quantitative estimate of drug-likeness (QED) is 0.717. The number of benzene rings is 2. The minimum absolute atomic E-state index is 0.0929. The zero-order valence-electron chi connectivity index (χ0n) is 14.3. The van der Waals surface area contributed by atoms with Crippen molar-refractivity contribution in [1.29, 1.82) is 0 Å². The molecule has 1 amide bonds. The van der Waals surface area contributed by atoms with Gasteiger partial charge in [-0.15, -0.1) is 11.8 Å². The Morgan fingerprint density at radius 2 is 1.96 bits per heavy atom. The van der Waals surface area contributed by atoms with E-state index in [1.807, 2.05) is 31.2 Å². The number of halogens is 2. The van der Waals surface area contributed by atoms with Crippen molar-refractivity contribution in [2.24, 2.45) is 0 Å². The Balaban J connectivity index is 1.55. The van der Waals surface area contributed by atoms with Gasteiger partial charge in [0, 0.05) is 11.4 Å². The molecule has 26 heavy (non-hydrogen) atoms. The first-order chi connectivity index (χ1) is 12.6. The fourth-order valence-corrected chi connectivity index (χ4v) is 3.43.